The minimum atomic E-state index is 0.194. The Morgan fingerprint density at radius 2 is 1.54 bits per heavy atom. The van der Waals surface area contributed by atoms with E-state index in [-0.39, 0.29) is 5.95 Å². The molecule has 0 radical (unpaired) electrons. The Morgan fingerprint density at radius 1 is 0.833 bits per heavy atom. The Morgan fingerprint density at radius 3 is 2.33 bits per heavy atom. The lowest BCUT2D eigenvalue weighted by molar-refractivity contribution is 0.107. The van der Waals surface area contributed by atoms with Crippen LogP contribution in [-0.2, 0) is 24.4 Å². The van der Waals surface area contributed by atoms with Crippen molar-refractivity contribution in [3.05, 3.63) is 83.0 Å². The van der Waals surface area contributed by atoms with Crippen molar-refractivity contribution in [2.45, 2.75) is 19.6 Å². The molecule has 0 aliphatic carbocycles. The molecule has 24 heavy (non-hydrogen) atoms. The fraction of sp³-hybridized carbons (Fsp3) is 0.158. The van der Waals surface area contributed by atoms with Gasteiger partial charge in [0.25, 0.3) is 0 Å². The van der Waals surface area contributed by atoms with Crippen LogP contribution in [0.2, 0.25) is 0 Å². The fourth-order valence-electron chi connectivity index (χ4n) is 2.48. The molecule has 0 spiro atoms. The molecule has 0 fully saturated rings. The van der Waals surface area contributed by atoms with Gasteiger partial charge in [-0.05, 0) is 16.7 Å². The van der Waals surface area contributed by atoms with Crippen LogP contribution in [0.15, 0.2) is 60.8 Å². The molecule has 5 nitrogen and oxygen atoms in total. The van der Waals surface area contributed by atoms with E-state index >= 15 is 0 Å². The van der Waals surface area contributed by atoms with E-state index in [0.717, 1.165) is 16.7 Å². The second-order valence-corrected chi connectivity index (χ2v) is 5.61. The van der Waals surface area contributed by atoms with Gasteiger partial charge in [-0.1, -0.05) is 54.6 Å². The molecule has 0 saturated heterocycles. The van der Waals surface area contributed by atoms with Gasteiger partial charge in [0.05, 0.1) is 13.2 Å². The lowest BCUT2D eigenvalue weighted by Crippen LogP contribution is -2.04. The molecule has 5 heteroatoms. The first-order valence-corrected chi connectivity index (χ1v) is 7.77. The molecule has 2 aromatic carbocycles. The van der Waals surface area contributed by atoms with Gasteiger partial charge in [-0.3, -0.25) is 0 Å². The van der Waals surface area contributed by atoms with E-state index in [0.29, 0.717) is 25.5 Å². The molecule has 4 N–H and O–H groups in total. The predicted molar refractivity (Wildman–Crippen MR) is 95.0 cm³/mol. The standard InChI is InChI=1S/C19H20N4O/c20-18-17(11-22-19(21)23-18)10-15-7-4-8-16(9-15)13-24-12-14-5-2-1-3-6-14/h1-9,11H,10,12-13H2,(H4,20,21,22,23). The van der Waals surface area contributed by atoms with E-state index in [1.807, 2.05) is 24.3 Å². The van der Waals surface area contributed by atoms with Crippen molar-refractivity contribution < 1.29 is 4.74 Å². The summed E-state index contributed by atoms with van der Waals surface area (Å²) in [5, 5.41) is 0. The van der Waals surface area contributed by atoms with Gasteiger partial charge >= 0.3 is 0 Å². The van der Waals surface area contributed by atoms with Gasteiger partial charge in [-0.25, -0.2) is 4.98 Å². The van der Waals surface area contributed by atoms with Crippen LogP contribution in [0.3, 0.4) is 0 Å². The van der Waals surface area contributed by atoms with Crippen LogP contribution in [0.4, 0.5) is 11.8 Å². The Labute approximate surface area is 141 Å². The molecule has 0 aliphatic rings. The van der Waals surface area contributed by atoms with E-state index in [1.54, 1.807) is 6.20 Å². The van der Waals surface area contributed by atoms with E-state index in [1.165, 1.54) is 5.56 Å². The van der Waals surface area contributed by atoms with Crippen molar-refractivity contribution in [1.29, 1.82) is 0 Å². The Hall–Kier alpha value is -2.92. The van der Waals surface area contributed by atoms with Gasteiger partial charge in [-0.2, -0.15) is 4.98 Å². The van der Waals surface area contributed by atoms with Crippen LogP contribution in [0.1, 0.15) is 22.3 Å². The van der Waals surface area contributed by atoms with Crippen LogP contribution in [-0.4, -0.2) is 9.97 Å². The van der Waals surface area contributed by atoms with Crippen molar-refractivity contribution >= 4 is 11.8 Å². The second kappa shape index (κ2) is 7.57. The average Bonchev–Trinajstić information content (AvgIpc) is 2.59. The van der Waals surface area contributed by atoms with E-state index in [2.05, 4.69) is 40.3 Å². The summed E-state index contributed by atoms with van der Waals surface area (Å²) in [4.78, 5) is 8.00. The highest BCUT2D eigenvalue weighted by Gasteiger charge is 2.05. The number of hydrogen-bond donors (Lipinski definition) is 2. The van der Waals surface area contributed by atoms with Crippen LogP contribution < -0.4 is 11.5 Å². The zero-order chi connectivity index (χ0) is 16.8. The number of aromatic nitrogens is 2. The third-order valence-corrected chi connectivity index (χ3v) is 3.68. The molecule has 3 rings (SSSR count). The molecule has 122 valence electrons. The SMILES string of the molecule is Nc1ncc(Cc2cccc(COCc3ccccc3)c2)c(N)n1. The molecule has 0 aliphatic heterocycles. The summed E-state index contributed by atoms with van der Waals surface area (Å²) in [7, 11) is 0. The van der Waals surface area contributed by atoms with Crippen molar-refractivity contribution in [2.24, 2.45) is 0 Å². The van der Waals surface area contributed by atoms with E-state index in [9.17, 15) is 0 Å². The molecule has 1 heterocycles. The largest absolute Gasteiger partial charge is 0.383 e. The number of ether oxygens (including phenoxy) is 1. The molecule has 0 bridgehead atoms. The maximum atomic E-state index is 5.90. The predicted octanol–water partition coefficient (Wildman–Crippen LogP) is 2.95. The summed E-state index contributed by atoms with van der Waals surface area (Å²) in [6, 6.07) is 18.4. The zero-order valence-corrected chi connectivity index (χ0v) is 13.4. The maximum absolute atomic E-state index is 5.90. The molecule has 0 unspecified atom stereocenters. The number of nitrogens with zero attached hydrogens (tertiary/aromatic N) is 2. The van der Waals surface area contributed by atoms with Crippen molar-refractivity contribution in [1.82, 2.24) is 9.97 Å². The summed E-state index contributed by atoms with van der Waals surface area (Å²) in [5.74, 6) is 0.618. The molecule has 3 aromatic rings. The maximum Gasteiger partial charge on any atom is 0.221 e. The average molecular weight is 320 g/mol. The first-order valence-electron chi connectivity index (χ1n) is 7.77. The zero-order valence-electron chi connectivity index (χ0n) is 13.4. The third kappa shape index (κ3) is 4.30. The summed E-state index contributed by atoms with van der Waals surface area (Å²) in [6.07, 6.45) is 2.34. The lowest BCUT2D eigenvalue weighted by atomic mass is 10.0. The summed E-state index contributed by atoms with van der Waals surface area (Å²) < 4.78 is 5.78. The van der Waals surface area contributed by atoms with Crippen LogP contribution in [0.25, 0.3) is 0 Å². The number of benzene rings is 2. The summed E-state index contributed by atoms with van der Waals surface area (Å²) >= 11 is 0. The molecule has 0 saturated carbocycles. The van der Waals surface area contributed by atoms with E-state index in [4.69, 9.17) is 16.2 Å². The molecule has 0 atom stereocenters. The smallest absolute Gasteiger partial charge is 0.221 e. The van der Waals surface area contributed by atoms with Gasteiger partial charge in [0.15, 0.2) is 0 Å². The van der Waals surface area contributed by atoms with Gasteiger partial charge < -0.3 is 16.2 Å². The molecular weight excluding hydrogens is 300 g/mol. The fourth-order valence-corrected chi connectivity index (χ4v) is 2.48. The third-order valence-electron chi connectivity index (χ3n) is 3.68. The van der Waals surface area contributed by atoms with Crippen LogP contribution in [0.5, 0.6) is 0 Å². The molecular formula is C19H20N4O. The van der Waals surface area contributed by atoms with Gasteiger partial charge in [-0.15, -0.1) is 0 Å². The monoisotopic (exact) mass is 320 g/mol. The number of nitrogen functional groups attached to an aromatic ring is 2. The topological polar surface area (TPSA) is 87.0 Å². The minimum Gasteiger partial charge on any atom is -0.383 e. The van der Waals surface area contributed by atoms with E-state index < -0.39 is 0 Å². The van der Waals surface area contributed by atoms with Gasteiger partial charge in [0.1, 0.15) is 5.82 Å². The first kappa shape index (κ1) is 16.0. The number of hydrogen-bond acceptors (Lipinski definition) is 5. The Kier molecular flexibility index (Phi) is 5.03. The van der Waals surface area contributed by atoms with Crippen LogP contribution in [0, 0.1) is 0 Å². The van der Waals surface area contributed by atoms with Crippen molar-refractivity contribution in [3.63, 3.8) is 0 Å². The highest BCUT2D eigenvalue weighted by Crippen LogP contribution is 2.16. The summed E-state index contributed by atoms with van der Waals surface area (Å²) in [6.45, 7) is 1.17. The first-order chi connectivity index (χ1) is 11.7. The summed E-state index contributed by atoms with van der Waals surface area (Å²) in [5.41, 5.74) is 15.7. The highest BCUT2D eigenvalue weighted by molar-refractivity contribution is 5.44. The Balaban J connectivity index is 1.61. The Bertz CT molecular complexity index is 805. The molecule has 0 amide bonds. The highest BCUT2D eigenvalue weighted by atomic mass is 16.5. The van der Waals surface area contributed by atoms with Gasteiger partial charge in [0.2, 0.25) is 5.95 Å². The normalized spacial score (nSPS) is 10.7. The van der Waals surface area contributed by atoms with Gasteiger partial charge in [0, 0.05) is 18.2 Å². The molecule has 1 aromatic heterocycles. The number of nitrogens with two attached hydrogens (primary N) is 2. The van der Waals surface area contributed by atoms with Crippen molar-refractivity contribution in [2.75, 3.05) is 11.5 Å². The lowest BCUT2D eigenvalue weighted by Gasteiger charge is -2.08. The second-order valence-electron chi connectivity index (χ2n) is 5.61. The number of rotatable bonds is 6. The quantitative estimate of drug-likeness (QED) is 0.729. The minimum absolute atomic E-state index is 0.194. The number of anilines is 2. The van der Waals surface area contributed by atoms with Crippen molar-refractivity contribution in [3.8, 4) is 0 Å². The van der Waals surface area contributed by atoms with Crippen LogP contribution >= 0.6 is 0 Å².